The monoisotopic (exact) mass is 433 g/mol. The van der Waals surface area contributed by atoms with Gasteiger partial charge in [0.2, 0.25) is 0 Å². The Balaban J connectivity index is 1.62. The molecule has 7 heteroatoms. The molecule has 0 bridgehead atoms. The van der Waals surface area contributed by atoms with E-state index in [9.17, 15) is 13.2 Å². The first-order valence-corrected chi connectivity index (χ1v) is 11.9. The van der Waals surface area contributed by atoms with Crippen molar-refractivity contribution in [3.05, 3.63) is 53.1 Å². The van der Waals surface area contributed by atoms with E-state index in [4.69, 9.17) is 16.3 Å². The van der Waals surface area contributed by atoms with E-state index in [0.29, 0.717) is 41.4 Å². The number of benzene rings is 2. The molecule has 0 aromatic heterocycles. The summed E-state index contributed by atoms with van der Waals surface area (Å²) in [5.74, 6) is 0.320. The lowest BCUT2D eigenvalue weighted by Crippen LogP contribution is -2.43. The number of amides is 1. The fourth-order valence-electron chi connectivity index (χ4n) is 4.07. The average Bonchev–Trinajstić information content (AvgIpc) is 3.29. The maximum absolute atomic E-state index is 13.2. The van der Waals surface area contributed by atoms with E-state index in [-0.39, 0.29) is 22.2 Å². The molecule has 1 heterocycles. The summed E-state index contributed by atoms with van der Waals surface area (Å²) < 4.78 is 31.5. The first kappa shape index (κ1) is 20.2. The number of rotatable bonds is 4. The number of para-hydroxylation sites is 1. The summed E-state index contributed by atoms with van der Waals surface area (Å²) >= 11 is 6.28. The van der Waals surface area contributed by atoms with Crippen LogP contribution in [-0.2, 0) is 9.84 Å². The summed E-state index contributed by atoms with van der Waals surface area (Å²) in [5.41, 5.74) is 1.08. The van der Waals surface area contributed by atoms with E-state index in [1.165, 1.54) is 0 Å². The molecule has 1 amide bonds. The number of halogens is 1. The molecule has 2 aliphatic rings. The van der Waals surface area contributed by atoms with Gasteiger partial charge >= 0.3 is 0 Å². The number of hydrogen-bond donors (Lipinski definition) is 0. The van der Waals surface area contributed by atoms with Gasteiger partial charge in [-0.1, -0.05) is 37.4 Å². The molecule has 1 atom stereocenters. The summed E-state index contributed by atoms with van der Waals surface area (Å²) in [5, 5.41) is 0.166. The molecule has 0 unspecified atom stereocenters. The maximum atomic E-state index is 13.2. The van der Waals surface area contributed by atoms with Gasteiger partial charge in [-0.25, -0.2) is 8.42 Å². The Kier molecular flexibility index (Phi) is 5.58. The fourth-order valence-corrected chi connectivity index (χ4v) is 6.14. The van der Waals surface area contributed by atoms with Crippen LogP contribution in [0.1, 0.15) is 49.4 Å². The minimum Gasteiger partial charge on any atom is -0.485 e. The molecule has 0 N–H and O–H groups in total. The van der Waals surface area contributed by atoms with E-state index in [1.54, 1.807) is 41.3 Å². The van der Waals surface area contributed by atoms with Gasteiger partial charge in [0.15, 0.2) is 15.6 Å². The summed E-state index contributed by atoms with van der Waals surface area (Å²) in [6.45, 7) is 2.42. The van der Waals surface area contributed by atoms with Crippen LogP contribution in [0.15, 0.2) is 47.4 Å². The van der Waals surface area contributed by atoms with Crippen LogP contribution in [0.4, 0.5) is 5.69 Å². The van der Waals surface area contributed by atoms with Gasteiger partial charge in [-0.2, -0.15) is 0 Å². The minimum atomic E-state index is -3.34. The SMILES string of the molecule is CC[C@@H]1CN(C(=O)c2ccc(S(=O)(=O)C3CCCC3)cc2)c2cccc(Cl)c2O1. The highest BCUT2D eigenvalue weighted by molar-refractivity contribution is 7.92. The molecule has 2 aromatic carbocycles. The lowest BCUT2D eigenvalue weighted by atomic mass is 10.1. The molecule has 0 saturated heterocycles. The second-order valence-electron chi connectivity index (χ2n) is 7.63. The number of ether oxygens (including phenoxy) is 1. The standard InChI is InChI=1S/C22H24ClNO4S/c1-2-16-14-24(20-9-5-8-19(23)21(20)28-16)22(25)15-10-12-18(13-11-15)29(26,27)17-6-3-4-7-17/h5,8-13,16-17H,2-4,6-7,14H2,1H3/t16-/m1/s1. The number of fused-ring (bicyclic) bond motifs is 1. The van der Waals surface area contributed by atoms with Crippen LogP contribution in [0.3, 0.4) is 0 Å². The first-order valence-electron chi connectivity index (χ1n) is 10.0. The maximum Gasteiger partial charge on any atom is 0.258 e. The molecule has 5 nitrogen and oxygen atoms in total. The molecule has 154 valence electrons. The van der Waals surface area contributed by atoms with E-state index >= 15 is 0 Å². The van der Waals surface area contributed by atoms with Crippen molar-refractivity contribution in [3.63, 3.8) is 0 Å². The molecule has 0 radical (unpaired) electrons. The summed E-state index contributed by atoms with van der Waals surface area (Å²) in [7, 11) is -3.34. The molecular weight excluding hydrogens is 410 g/mol. The smallest absolute Gasteiger partial charge is 0.258 e. The van der Waals surface area contributed by atoms with Crippen molar-refractivity contribution in [1.29, 1.82) is 0 Å². The van der Waals surface area contributed by atoms with Gasteiger partial charge in [0, 0.05) is 5.56 Å². The highest BCUT2D eigenvalue weighted by atomic mass is 35.5. The van der Waals surface area contributed by atoms with Gasteiger partial charge in [0.1, 0.15) is 6.10 Å². The fraction of sp³-hybridized carbons (Fsp3) is 0.409. The Morgan fingerprint density at radius 3 is 2.48 bits per heavy atom. The highest BCUT2D eigenvalue weighted by Gasteiger charge is 2.32. The zero-order valence-corrected chi connectivity index (χ0v) is 17.9. The van der Waals surface area contributed by atoms with E-state index < -0.39 is 9.84 Å². The van der Waals surface area contributed by atoms with E-state index in [1.807, 2.05) is 13.0 Å². The van der Waals surface area contributed by atoms with Crippen molar-refractivity contribution in [1.82, 2.24) is 0 Å². The second kappa shape index (κ2) is 8.00. The van der Waals surface area contributed by atoms with Crippen LogP contribution >= 0.6 is 11.6 Å². The van der Waals surface area contributed by atoms with Crippen LogP contribution in [0.5, 0.6) is 5.75 Å². The van der Waals surface area contributed by atoms with Gasteiger partial charge < -0.3 is 9.64 Å². The lowest BCUT2D eigenvalue weighted by molar-refractivity contribution is 0.0954. The third kappa shape index (κ3) is 3.76. The highest BCUT2D eigenvalue weighted by Crippen LogP contribution is 2.40. The molecule has 0 spiro atoms. The van der Waals surface area contributed by atoms with Gasteiger partial charge in [-0.15, -0.1) is 0 Å². The van der Waals surface area contributed by atoms with Crippen LogP contribution in [0, 0.1) is 0 Å². The largest absolute Gasteiger partial charge is 0.485 e. The number of carbonyl (C=O) groups excluding carboxylic acids is 1. The number of sulfone groups is 1. The van der Waals surface area contributed by atoms with Gasteiger partial charge in [0.05, 0.1) is 27.4 Å². The van der Waals surface area contributed by atoms with Crippen LogP contribution < -0.4 is 9.64 Å². The van der Waals surface area contributed by atoms with E-state index in [0.717, 1.165) is 19.3 Å². The molecule has 1 aliphatic carbocycles. The Morgan fingerprint density at radius 1 is 1.14 bits per heavy atom. The molecule has 29 heavy (non-hydrogen) atoms. The van der Waals surface area contributed by atoms with Crippen LogP contribution in [-0.4, -0.2) is 32.2 Å². The lowest BCUT2D eigenvalue weighted by Gasteiger charge is -2.35. The van der Waals surface area contributed by atoms with Gasteiger partial charge in [-0.3, -0.25) is 4.79 Å². The normalized spacial score (nSPS) is 19.7. The van der Waals surface area contributed by atoms with Crippen molar-refractivity contribution in [2.75, 3.05) is 11.4 Å². The first-order chi connectivity index (χ1) is 13.9. The number of carbonyl (C=O) groups is 1. The van der Waals surface area contributed by atoms with Crippen LogP contribution in [0.2, 0.25) is 5.02 Å². The summed E-state index contributed by atoms with van der Waals surface area (Å²) in [6, 6.07) is 11.6. The zero-order chi connectivity index (χ0) is 20.6. The number of nitrogens with zero attached hydrogens (tertiary/aromatic N) is 1. The third-order valence-electron chi connectivity index (χ3n) is 5.78. The Labute approximate surface area is 176 Å². The summed E-state index contributed by atoms with van der Waals surface area (Å²) in [4.78, 5) is 15.2. The molecule has 1 aliphatic heterocycles. The molecule has 1 saturated carbocycles. The number of anilines is 1. The molecular formula is C22H24ClNO4S. The van der Waals surface area contributed by atoms with Gasteiger partial charge in [0.25, 0.3) is 5.91 Å². The van der Waals surface area contributed by atoms with Crippen molar-refractivity contribution in [2.24, 2.45) is 0 Å². The Hall–Kier alpha value is -2.05. The third-order valence-corrected chi connectivity index (χ3v) is 8.35. The minimum absolute atomic E-state index is 0.145. The predicted molar refractivity (Wildman–Crippen MR) is 114 cm³/mol. The van der Waals surface area contributed by atoms with Gasteiger partial charge in [-0.05, 0) is 55.7 Å². The van der Waals surface area contributed by atoms with Crippen molar-refractivity contribution in [3.8, 4) is 5.75 Å². The molecule has 1 fully saturated rings. The second-order valence-corrected chi connectivity index (χ2v) is 10.3. The van der Waals surface area contributed by atoms with Crippen molar-refractivity contribution >= 4 is 33.0 Å². The Morgan fingerprint density at radius 2 is 1.83 bits per heavy atom. The average molecular weight is 434 g/mol. The van der Waals surface area contributed by atoms with Crippen molar-refractivity contribution < 1.29 is 17.9 Å². The molecule has 2 aromatic rings. The Bertz CT molecular complexity index is 1010. The topological polar surface area (TPSA) is 63.7 Å². The van der Waals surface area contributed by atoms with Crippen LogP contribution in [0.25, 0.3) is 0 Å². The summed E-state index contributed by atoms with van der Waals surface area (Å²) in [6.07, 6.45) is 3.94. The van der Waals surface area contributed by atoms with E-state index in [2.05, 4.69) is 0 Å². The van der Waals surface area contributed by atoms with Crippen molar-refractivity contribution in [2.45, 2.75) is 55.3 Å². The predicted octanol–water partition coefficient (Wildman–Crippen LogP) is 4.87. The number of hydrogen-bond acceptors (Lipinski definition) is 4. The molecule has 4 rings (SSSR count). The quantitative estimate of drug-likeness (QED) is 0.689. The zero-order valence-electron chi connectivity index (χ0n) is 16.3.